The largest absolute Gasteiger partial charge is 0.492 e. The third kappa shape index (κ3) is 4.31. The Kier molecular flexibility index (Phi) is 5.45. The van der Waals surface area contributed by atoms with Gasteiger partial charge in [-0.25, -0.2) is 8.42 Å². The molecule has 0 spiro atoms. The summed E-state index contributed by atoms with van der Waals surface area (Å²) in [6.45, 7) is 6.00. The van der Waals surface area contributed by atoms with Gasteiger partial charge in [0.25, 0.3) is 10.0 Å². The minimum Gasteiger partial charge on any atom is -0.492 e. The maximum Gasteiger partial charge on any atom is 0.263 e. The van der Waals surface area contributed by atoms with Crippen LogP contribution >= 0.6 is 23.2 Å². The van der Waals surface area contributed by atoms with E-state index in [1.807, 2.05) is 19.9 Å². The monoisotopic (exact) mass is 373 g/mol. The maximum atomic E-state index is 12.6. The van der Waals surface area contributed by atoms with Crippen LogP contribution in [0, 0.1) is 13.8 Å². The zero-order valence-corrected chi connectivity index (χ0v) is 15.3. The van der Waals surface area contributed by atoms with Gasteiger partial charge in [0.15, 0.2) is 0 Å². The van der Waals surface area contributed by atoms with Gasteiger partial charge in [-0.3, -0.25) is 4.72 Å². The van der Waals surface area contributed by atoms with Crippen LogP contribution < -0.4 is 9.46 Å². The third-order valence-corrected chi connectivity index (χ3v) is 5.19. The Balaban J connectivity index is 2.41. The predicted octanol–water partition coefficient (Wildman–Crippen LogP) is 4.81. The molecule has 0 heterocycles. The van der Waals surface area contributed by atoms with Crippen LogP contribution in [0.15, 0.2) is 35.2 Å². The Morgan fingerprint density at radius 2 is 1.61 bits per heavy atom. The number of sulfonamides is 1. The summed E-state index contributed by atoms with van der Waals surface area (Å²) in [5.74, 6) is 0.351. The minimum absolute atomic E-state index is 0.0507. The molecule has 1 N–H and O–H groups in total. The molecule has 0 aliphatic rings. The lowest BCUT2D eigenvalue weighted by Gasteiger charge is -2.13. The van der Waals surface area contributed by atoms with E-state index in [4.69, 9.17) is 27.9 Å². The van der Waals surface area contributed by atoms with Crippen LogP contribution in [-0.4, -0.2) is 15.0 Å². The van der Waals surface area contributed by atoms with E-state index in [1.165, 1.54) is 12.1 Å². The topological polar surface area (TPSA) is 55.4 Å². The summed E-state index contributed by atoms with van der Waals surface area (Å²) in [5, 5.41) is 0.242. The molecular weight excluding hydrogens is 357 g/mol. The lowest BCUT2D eigenvalue weighted by atomic mass is 10.1. The van der Waals surface area contributed by atoms with Gasteiger partial charge in [-0.1, -0.05) is 29.3 Å². The molecule has 7 heteroatoms. The van der Waals surface area contributed by atoms with Gasteiger partial charge in [-0.15, -0.1) is 0 Å². The van der Waals surface area contributed by atoms with Crippen LogP contribution in [-0.2, 0) is 10.0 Å². The Hall–Kier alpha value is -1.43. The average molecular weight is 374 g/mol. The molecule has 0 aliphatic heterocycles. The highest BCUT2D eigenvalue weighted by molar-refractivity contribution is 7.92. The summed E-state index contributed by atoms with van der Waals surface area (Å²) in [6.07, 6.45) is 0. The molecule has 2 aromatic rings. The number of rotatable bonds is 5. The van der Waals surface area contributed by atoms with Crippen LogP contribution in [0.4, 0.5) is 5.69 Å². The van der Waals surface area contributed by atoms with Crippen LogP contribution in [0.3, 0.4) is 0 Å². The highest BCUT2D eigenvalue weighted by atomic mass is 35.5. The smallest absolute Gasteiger partial charge is 0.263 e. The zero-order chi connectivity index (χ0) is 17.2. The highest BCUT2D eigenvalue weighted by Crippen LogP contribution is 2.34. The fraction of sp³-hybridized carbons (Fsp3) is 0.250. The standard InChI is InChI=1S/C16H17Cl2NO3S/c1-4-22-15-8-14(18)16(9-13(15)17)23(20,21)19-12-6-10(2)5-11(3)7-12/h5-9,19H,4H2,1-3H3. The van der Waals surface area contributed by atoms with E-state index in [-0.39, 0.29) is 14.9 Å². The van der Waals surface area contributed by atoms with Crippen molar-refractivity contribution in [2.45, 2.75) is 25.7 Å². The Bertz CT molecular complexity index is 815. The number of nitrogens with one attached hydrogen (secondary N) is 1. The zero-order valence-electron chi connectivity index (χ0n) is 13.0. The van der Waals surface area contributed by atoms with Gasteiger partial charge in [0, 0.05) is 11.8 Å². The van der Waals surface area contributed by atoms with Crippen molar-refractivity contribution < 1.29 is 13.2 Å². The number of halogens is 2. The second kappa shape index (κ2) is 6.99. The number of ether oxygens (including phenoxy) is 1. The fourth-order valence-corrected chi connectivity index (χ4v) is 4.09. The summed E-state index contributed by atoms with van der Waals surface area (Å²) in [5.41, 5.74) is 2.39. The molecule has 4 nitrogen and oxygen atoms in total. The van der Waals surface area contributed by atoms with E-state index in [9.17, 15) is 8.42 Å². The van der Waals surface area contributed by atoms with Crippen molar-refractivity contribution in [3.05, 3.63) is 51.5 Å². The number of aryl methyl sites for hydroxylation is 2. The maximum absolute atomic E-state index is 12.6. The van der Waals surface area contributed by atoms with Crippen LogP contribution in [0.5, 0.6) is 5.75 Å². The Morgan fingerprint density at radius 3 is 2.17 bits per heavy atom. The van der Waals surface area contributed by atoms with Gasteiger partial charge in [-0.2, -0.15) is 0 Å². The van der Waals surface area contributed by atoms with Gasteiger partial charge in [0.05, 0.1) is 16.7 Å². The summed E-state index contributed by atoms with van der Waals surface area (Å²) >= 11 is 12.2. The molecule has 0 aliphatic carbocycles. The van der Waals surface area contributed by atoms with E-state index in [1.54, 1.807) is 19.1 Å². The first-order valence-corrected chi connectivity index (χ1v) is 9.20. The van der Waals surface area contributed by atoms with Crippen molar-refractivity contribution in [3.8, 4) is 5.75 Å². The fourth-order valence-electron chi connectivity index (χ4n) is 2.23. The van der Waals surface area contributed by atoms with Crippen LogP contribution in [0.2, 0.25) is 10.0 Å². The molecular formula is C16H17Cl2NO3S. The molecule has 2 aromatic carbocycles. The molecule has 0 atom stereocenters. The molecule has 0 bridgehead atoms. The molecule has 0 unspecified atom stereocenters. The first-order chi connectivity index (χ1) is 10.7. The van der Waals surface area contributed by atoms with Crippen LogP contribution in [0.1, 0.15) is 18.1 Å². The number of benzene rings is 2. The van der Waals surface area contributed by atoms with E-state index >= 15 is 0 Å². The predicted molar refractivity (Wildman–Crippen MR) is 94.4 cm³/mol. The molecule has 0 saturated heterocycles. The lowest BCUT2D eigenvalue weighted by molar-refractivity contribution is 0.340. The van der Waals surface area contributed by atoms with Crippen LogP contribution in [0.25, 0.3) is 0 Å². The molecule has 0 saturated carbocycles. The molecule has 0 fully saturated rings. The van der Waals surface area contributed by atoms with Crippen molar-refractivity contribution >= 4 is 38.9 Å². The Labute approximate surface area is 146 Å². The summed E-state index contributed by atoms with van der Waals surface area (Å²) in [4.78, 5) is -0.0909. The van der Waals surface area contributed by atoms with Gasteiger partial charge in [0.1, 0.15) is 10.6 Å². The summed E-state index contributed by atoms with van der Waals surface area (Å²) in [6, 6.07) is 8.14. The molecule has 0 radical (unpaired) electrons. The van der Waals surface area contributed by atoms with Gasteiger partial charge in [-0.05, 0) is 50.1 Å². The lowest BCUT2D eigenvalue weighted by Crippen LogP contribution is -2.14. The molecule has 2 rings (SSSR count). The van der Waals surface area contributed by atoms with E-state index in [0.717, 1.165) is 11.1 Å². The quantitative estimate of drug-likeness (QED) is 0.817. The first kappa shape index (κ1) is 17.9. The minimum atomic E-state index is -3.85. The van der Waals surface area contributed by atoms with Gasteiger partial charge in [0.2, 0.25) is 0 Å². The number of hydrogen-bond donors (Lipinski definition) is 1. The van der Waals surface area contributed by atoms with Crippen molar-refractivity contribution in [3.63, 3.8) is 0 Å². The second-order valence-electron chi connectivity index (χ2n) is 5.13. The van der Waals surface area contributed by atoms with Crippen molar-refractivity contribution in [2.24, 2.45) is 0 Å². The second-order valence-corrected chi connectivity index (χ2v) is 7.59. The van der Waals surface area contributed by atoms with Crippen molar-refractivity contribution in [2.75, 3.05) is 11.3 Å². The SMILES string of the molecule is CCOc1cc(Cl)c(S(=O)(=O)Nc2cc(C)cc(C)c2)cc1Cl. The molecule has 0 aromatic heterocycles. The highest BCUT2D eigenvalue weighted by Gasteiger charge is 2.21. The van der Waals surface area contributed by atoms with Gasteiger partial charge >= 0.3 is 0 Å². The number of hydrogen-bond acceptors (Lipinski definition) is 3. The summed E-state index contributed by atoms with van der Waals surface area (Å²) < 4.78 is 33.0. The molecule has 124 valence electrons. The average Bonchev–Trinajstić information content (AvgIpc) is 2.40. The molecule has 23 heavy (non-hydrogen) atoms. The Morgan fingerprint density at radius 1 is 1.00 bits per heavy atom. The third-order valence-electron chi connectivity index (χ3n) is 3.05. The van der Waals surface area contributed by atoms with Gasteiger partial charge < -0.3 is 4.74 Å². The van der Waals surface area contributed by atoms with Crippen molar-refractivity contribution in [1.29, 1.82) is 0 Å². The number of anilines is 1. The first-order valence-electron chi connectivity index (χ1n) is 6.96. The normalized spacial score (nSPS) is 11.3. The summed E-state index contributed by atoms with van der Waals surface area (Å²) in [7, 11) is -3.85. The van der Waals surface area contributed by atoms with E-state index in [0.29, 0.717) is 18.0 Å². The van der Waals surface area contributed by atoms with E-state index < -0.39 is 10.0 Å². The van der Waals surface area contributed by atoms with E-state index in [2.05, 4.69) is 4.72 Å². The van der Waals surface area contributed by atoms with Crippen molar-refractivity contribution in [1.82, 2.24) is 0 Å². The molecule has 0 amide bonds.